The van der Waals surface area contributed by atoms with Gasteiger partial charge < -0.3 is 34.9 Å². The molecule has 5 heterocycles. The molecule has 2 aliphatic rings. The monoisotopic (exact) mass is 1040 g/mol. The summed E-state index contributed by atoms with van der Waals surface area (Å²) in [5, 5.41) is 25.9. The summed E-state index contributed by atoms with van der Waals surface area (Å²) in [5.74, 6) is -1.97. The summed E-state index contributed by atoms with van der Waals surface area (Å²) in [4.78, 5) is 66.9. The predicted octanol–water partition coefficient (Wildman–Crippen LogP) is 8.46. The second kappa shape index (κ2) is 20.9. The van der Waals surface area contributed by atoms with Gasteiger partial charge in [0.25, 0.3) is 5.91 Å². The molecule has 0 saturated carbocycles. The number of thiazole rings is 1. The number of carbonyl (C=O) groups is 4. The molecule has 1 unspecified atom stereocenters. The minimum Gasteiger partial charge on any atom is -0.484 e. The summed E-state index contributed by atoms with van der Waals surface area (Å²) < 4.78 is 59.0. The van der Waals surface area contributed by atoms with Crippen molar-refractivity contribution in [2.75, 3.05) is 20.3 Å². The van der Waals surface area contributed by atoms with Crippen LogP contribution in [0, 0.1) is 33.1 Å². The highest BCUT2D eigenvalue weighted by Crippen LogP contribution is 2.41. The summed E-state index contributed by atoms with van der Waals surface area (Å²) in [6.45, 7) is 13.9. The van der Waals surface area contributed by atoms with Gasteiger partial charge in [0.1, 0.15) is 40.5 Å². The lowest BCUT2D eigenvalue weighted by Crippen LogP contribution is -2.58. The first-order valence-electron chi connectivity index (χ1n) is 23.4. The Balaban J connectivity index is 0.968. The number of halogens is 3. The first kappa shape index (κ1) is 52.4. The smallest absolute Gasteiger partial charge is 0.484 e. The van der Waals surface area contributed by atoms with E-state index in [1.54, 1.807) is 50.5 Å². The van der Waals surface area contributed by atoms with E-state index in [-0.39, 0.29) is 30.7 Å². The SMILES string of the molecule is COC(=O)C[C@@H]1N=C(c2ccc(-c3ccc(OCC(=O)NC(C(=O)N4C[C@H](O)C[C@H]4C(=O)N[C@@H](C)c4ccc(-c5scnc5C)cc4)C(C)(C)C)cc3OC(F)(F)F)cc2)c2c(sc(C)c2C)-n2c(C)nnc21. The number of hydrogen-bond donors (Lipinski definition) is 3. The zero-order chi connectivity index (χ0) is 52.7. The molecule has 3 amide bonds. The number of methoxy groups -OCH3 is 1. The van der Waals surface area contributed by atoms with Crippen LogP contribution in [0.4, 0.5) is 13.2 Å². The molecule has 2 aliphatic heterocycles. The summed E-state index contributed by atoms with van der Waals surface area (Å²) in [7, 11) is 1.29. The summed E-state index contributed by atoms with van der Waals surface area (Å²) >= 11 is 3.06. The number of esters is 1. The number of aliphatic imine (C=N–C) groups is 1. The standard InChI is InChI=1S/C52H55F3N8O8S2/c1-26-29(4)73-50-43(26)44(58-38(22-42(66)69-9)47-61-60-30(5)63(47)50)33-14-12-32(13-15-33)37-19-18-36(21-40(37)71-52(53,54)55)70-24-41(65)59-46(51(6,7)8)49(68)62-23-35(64)20-39(62)48(67)57-27(2)31-10-16-34(17-11-31)45-28(3)56-25-72-45/h10-19,21,25,27,35,38-39,46,64H,20,22-24H2,1-9H3,(H,57,67)(H,59,65)/t27-,35+,38-,39-,46?/m0/s1. The second-order valence-corrected chi connectivity index (χ2v) is 21.2. The fourth-order valence-electron chi connectivity index (χ4n) is 8.98. The number of rotatable bonds is 14. The number of aryl methyl sites for hydroxylation is 3. The third-order valence-electron chi connectivity index (χ3n) is 12.9. The van der Waals surface area contributed by atoms with Crippen LogP contribution in [0.15, 0.2) is 77.2 Å². The topological polar surface area (TPSA) is 199 Å². The molecule has 16 nitrogen and oxygen atoms in total. The van der Waals surface area contributed by atoms with Gasteiger partial charge in [-0.1, -0.05) is 69.3 Å². The molecule has 73 heavy (non-hydrogen) atoms. The maximum atomic E-state index is 14.3. The molecule has 0 radical (unpaired) electrons. The highest BCUT2D eigenvalue weighted by Gasteiger charge is 2.45. The van der Waals surface area contributed by atoms with Crippen LogP contribution in [0.3, 0.4) is 0 Å². The van der Waals surface area contributed by atoms with E-state index in [0.717, 1.165) is 48.8 Å². The van der Waals surface area contributed by atoms with Crippen molar-refractivity contribution >= 4 is 52.1 Å². The van der Waals surface area contributed by atoms with Gasteiger partial charge in [-0.2, -0.15) is 0 Å². The number of hydrogen-bond acceptors (Lipinski definition) is 14. The van der Waals surface area contributed by atoms with Crippen molar-refractivity contribution < 1.29 is 51.7 Å². The number of likely N-dealkylation sites (tertiary alicyclic amines) is 1. The van der Waals surface area contributed by atoms with Crippen LogP contribution in [0.5, 0.6) is 11.5 Å². The number of benzene rings is 3. The number of amides is 3. The van der Waals surface area contributed by atoms with Crippen LogP contribution >= 0.6 is 22.7 Å². The van der Waals surface area contributed by atoms with Gasteiger partial charge in [0.2, 0.25) is 11.8 Å². The summed E-state index contributed by atoms with van der Waals surface area (Å²) in [5.41, 5.74) is 7.01. The normalized spacial score (nSPS) is 17.4. The molecule has 0 bridgehead atoms. The van der Waals surface area contributed by atoms with Crippen LogP contribution in [-0.4, -0.2) is 104 Å². The van der Waals surface area contributed by atoms with E-state index >= 15 is 0 Å². The third-order valence-corrected chi connectivity index (χ3v) is 15.1. The van der Waals surface area contributed by atoms with Gasteiger partial charge in [-0.3, -0.25) is 28.7 Å². The maximum Gasteiger partial charge on any atom is 0.573 e. The Hall–Kier alpha value is -6.97. The van der Waals surface area contributed by atoms with Crippen molar-refractivity contribution in [1.29, 1.82) is 0 Å². The van der Waals surface area contributed by atoms with Crippen molar-refractivity contribution in [3.63, 3.8) is 0 Å². The molecular formula is C52H55F3N8O8S2. The van der Waals surface area contributed by atoms with Crippen LogP contribution in [-0.2, 0) is 23.9 Å². The Labute approximate surface area is 427 Å². The molecule has 3 aromatic carbocycles. The number of aliphatic hydroxyl groups excluding tert-OH is 1. The summed E-state index contributed by atoms with van der Waals surface area (Å²) in [6.07, 6.45) is -6.21. The number of β-amino-alcohol motifs (C(OH)–C–C–N with tert-alkyl or cyclic N) is 1. The van der Waals surface area contributed by atoms with Gasteiger partial charge in [-0.25, -0.2) is 4.98 Å². The maximum absolute atomic E-state index is 14.3. The molecule has 3 aromatic heterocycles. The molecule has 384 valence electrons. The third kappa shape index (κ3) is 11.3. The van der Waals surface area contributed by atoms with E-state index in [1.807, 2.05) is 63.5 Å². The minimum absolute atomic E-state index is 0.0148. The van der Waals surface area contributed by atoms with Gasteiger partial charge in [-0.15, -0.1) is 46.0 Å². The zero-order valence-corrected chi connectivity index (χ0v) is 43.2. The molecule has 6 aromatic rings. The average molecular weight is 1040 g/mol. The van der Waals surface area contributed by atoms with Crippen LogP contribution in [0.25, 0.3) is 26.6 Å². The largest absolute Gasteiger partial charge is 0.573 e. The number of carbonyl (C=O) groups excluding carboxylic acids is 4. The molecule has 1 saturated heterocycles. The van der Waals surface area contributed by atoms with E-state index in [9.17, 15) is 37.5 Å². The molecule has 0 aliphatic carbocycles. The Morgan fingerprint density at radius 3 is 2.25 bits per heavy atom. The molecular weight excluding hydrogens is 986 g/mol. The molecule has 8 rings (SSSR count). The molecule has 3 N–H and O–H groups in total. The van der Waals surface area contributed by atoms with Crippen LogP contribution in [0.1, 0.15) is 97.1 Å². The van der Waals surface area contributed by atoms with Gasteiger partial charge in [0.05, 0.1) is 47.5 Å². The Morgan fingerprint density at radius 2 is 1.60 bits per heavy atom. The van der Waals surface area contributed by atoms with Crippen molar-refractivity contribution in [2.45, 2.75) is 105 Å². The molecule has 0 spiro atoms. The van der Waals surface area contributed by atoms with Crippen LogP contribution in [0.2, 0.25) is 0 Å². The van der Waals surface area contributed by atoms with Gasteiger partial charge in [0.15, 0.2) is 12.4 Å². The van der Waals surface area contributed by atoms with Crippen molar-refractivity contribution in [3.05, 3.63) is 117 Å². The Kier molecular flexibility index (Phi) is 15.0. The first-order valence-corrected chi connectivity index (χ1v) is 25.1. The van der Waals surface area contributed by atoms with Crippen LogP contribution < -0.4 is 20.1 Å². The first-order chi connectivity index (χ1) is 34.5. The number of ether oxygens (including phenoxy) is 3. The number of alkyl halides is 3. The highest BCUT2D eigenvalue weighted by atomic mass is 32.1. The van der Waals surface area contributed by atoms with E-state index < -0.39 is 78.1 Å². The lowest BCUT2D eigenvalue weighted by Gasteiger charge is -2.35. The number of nitrogens with zero attached hydrogens (tertiary/aromatic N) is 6. The fraction of sp³-hybridized carbons (Fsp3) is 0.385. The molecule has 5 atom stereocenters. The van der Waals surface area contributed by atoms with Crippen molar-refractivity contribution in [3.8, 4) is 38.1 Å². The number of fused-ring (bicyclic) bond motifs is 3. The lowest BCUT2D eigenvalue weighted by molar-refractivity contribution is -0.274. The van der Waals surface area contributed by atoms with E-state index in [1.165, 1.54) is 46.8 Å². The Morgan fingerprint density at radius 1 is 0.918 bits per heavy atom. The summed E-state index contributed by atoms with van der Waals surface area (Å²) in [6, 6.07) is 14.8. The number of aromatic nitrogens is 4. The average Bonchev–Trinajstić information content (AvgIpc) is 4.11. The lowest BCUT2D eigenvalue weighted by atomic mass is 9.85. The van der Waals surface area contributed by atoms with E-state index in [0.29, 0.717) is 28.5 Å². The predicted molar refractivity (Wildman–Crippen MR) is 269 cm³/mol. The van der Waals surface area contributed by atoms with Crippen molar-refractivity contribution in [1.82, 2.24) is 35.3 Å². The number of aliphatic hydroxyl groups is 1. The highest BCUT2D eigenvalue weighted by molar-refractivity contribution is 7.15. The number of thiophene rings is 1. The minimum atomic E-state index is -5.10. The number of nitrogens with one attached hydrogen (secondary N) is 2. The fourth-order valence-corrected chi connectivity index (χ4v) is 11.0. The zero-order valence-electron chi connectivity index (χ0n) is 41.6. The van der Waals surface area contributed by atoms with Gasteiger partial charge in [-0.05, 0) is 74.4 Å². The molecule has 1 fully saturated rings. The van der Waals surface area contributed by atoms with Gasteiger partial charge in [0, 0.05) is 40.6 Å². The second-order valence-electron chi connectivity index (χ2n) is 19.1. The van der Waals surface area contributed by atoms with E-state index in [4.69, 9.17) is 14.5 Å². The quantitative estimate of drug-likeness (QED) is 0.0885. The van der Waals surface area contributed by atoms with E-state index in [2.05, 4.69) is 30.6 Å². The van der Waals surface area contributed by atoms with Crippen molar-refractivity contribution in [2.24, 2.45) is 10.4 Å². The molecule has 21 heteroatoms. The van der Waals surface area contributed by atoms with Gasteiger partial charge >= 0.3 is 12.3 Å². The Bertz CT molecular complexity index is 3090.